The van der Waals surface area contributed by atoms with Crippen molar-refractivity contribution in [3.63, 3.8) is 0 Å². The summed E-state index contributed by atoms with van der Waals surface area (Å²) in [6, 6.07) is 3.49. The van der Waals surface area contributed by atoms with E-state index in [0.717, 1.165) is 0 Å². The Balaban J connectivity index is 2.87. The van der Waals surface area contributed by atoms with Gasteiger partial charge in [0.1, 0.15) is 5.82 Å². The van der Waals surface area contributed by atoms with Gasteiger partial charge >= 0.3 is 0 Å². The number of aromatic nitrogens is 1. The summed E-state index contributed by atoms with van der Waals surface area (Å²) in [6.45, 7) is 8.39. The maximum atomic E-state index is 12.2. The van der Waals surface area contributed by atoms with Crippen LogP contribution in [0.1, 0.15) is 38.1 Å². The zero-order chi connectivity index (χ0) is 13.2. The van der Waals surface area contributed by atoms with Crippen LogP contribution in [-0.2, 0) is 0 Å². The lowest BCUT2D eigenvalue weighted by Crippen LogP contribution is -2.43. The molecule has 1 aromatic heterocycles. The summed E-state index contributed by atoms with van der Waals surface area (Å²) in [5.41, 5.74) is 6.11. The molecule has 0 bridgehead atoms. The zero-order valence-corrected chi connectivity index (χ0v) is 11.2. The minimum Gasteiger partial charge on any atom is -0.384 e. The Bertz CT molecular complexity index is 392. The smallest absolute Gasteiger partial charge is 0.255 e. The Morgan fingerprint density at radius 1 is 1.41 bits per heavy atom. The number of anilines is 1. The van der Waals surface area contributed by atoms with Crippen molar-refractivity contribution < 1.29 is 4.79 Å². The Morgan fingerprint density at radius 2 is 2.00 bits per heavy atom. The lowest BCUT2D eigenvalue weighted by molar-refractivity contribution is 0.0629. The molecule has 94 valence electrons. The predicted molar refractivity (Wildman–Crippen MR) is 69.7 cm³/mol. The lowest BCUT2D eigenvalue weighted by atomic mass is 9.87. The van der Waals surface area contributed by atoms with Crippen molar-refractivity contribution in [2.75, 3.05) is 12.8 Å². The maximum Gasteiger partial charge on any atom is 0.255 e. The molecular formula is C13H21N3O. The number of hydrogen-bond donors (Lipinski definition) is 1. The molecule has 0 aromatic carbocycles. The Morgan fingerprint density at radius 3 is 2.41 bits per heavy atom. The van der Waals surface area contributed by atoms with Gasteiger partial charge in [0.05, 0.1) is 5.56 Å². The third-order valence-electron chi connectivity index (χ3n) is 3.19. The average Bonchev–Trinajstić information content (AvgIpc) is 2.26. The topological polar surface area (TPSA) is 59.2 Å². The highest BCUT2D eigenvalue weighted by Gasteiger charge is 2.27. The van der Waals surface area contributed by atoms with Crippen LogP contribution in [0.3, 0.4) is 0 Å². The Hall–Kier alpha value is -1.58. The minimum absolute atomic E-state index is 0.0278. The molecule has 1 amide bonds. The van der Waals surface area contributed by atoms with Gasteiger partial charge in [-0.15, -0.1) is 0 Å². The van der Waals surface area contributed by atoms with Crippen LogP contribution in [0, 0.1) is 5.41 Å². The van der Waals surface area contributed by atoms with Crippen molar-refractivity contribution in [3.8, 4) is 0 Å². The first kappa shape index (κ1) is 13.5. The normalized spacial score (nSPS) is 13.2. The summed E-state index contributed by atoms with van der Waals surface area (Å²) in [6.07, 6.45) is 1.52. The standard InChI is InChI=1S/C13H21N3O/c1-9(13(2,3)4)16(5)12(17)10-6-7-11(14)15-8-10/h6-9H,1-5H3,(H2,14,15). The molecule has 1 aromatic rings. The predicted octanol–water partition coefficient (Wildman–Crippen LogP) is 2.17. The lowest BCUT2D eigenvalue weighted by Gasteiger charge is -2.35. The highest BCUT2D eigenvalue weighted by atomic mass is 16.2. The molecule has 1 rings (SSSR count). The van der Waals surface area contributed by atoms with Gasteiger partial charge in [0.2, 0.25) is 0 Å². The number of rotatable bonds is 2. The SMILES string of the molecule is CC(N(C)C(=O)c1ccc(N)nc1)C(C)(C)C. The molecule has 1 atom stereocenters. The molecule has 0 saturated heterocycles. The highest BCUT2D eigenvalue weighted by molar-refractivity contribution is 5.94. The van der Waals surface area contributed by atoms with Crippen LogP contribution in [0.5, 0.6) is 0 Å². The van der Waals surface area contributed by atoms with Crippen molar-refractivity contribution in [1.82, 2.24) is 9.88 Å². The van der Waals surface area contributed by atoms with Crippen molar-refractivity contribution in [1.29, 1.82) is 0 Å². The van der Waals surface area contributed by atoms with Crippen LogP contribution in [0.2, 0.25) is 0 Å². The van der Waals surface area contributed by atoms with Crippen molar-refractivity contribution in [2.24, 2.45) is 5.41 Å². The van der Waals surface area contributed by atoms with Gasteiger partial charge in [-0.3, -0.25) is 4.79 Å². The number of carbonyl (C=O) groups excluding carboxylic acids is 1. The van der Waals surface area contributed by atoms with Crippen LogP contribution in [-0.4, -0.2) is 28.9 Å². The number of pyridine rings is 1. The van der Waals surface area contributed by atoms with Crippen LogP contribution < -0.4 is 5.73 Å². The van der Waals surface area contributed by atoms with Gasteiger partial charge in [0, 0.05) is 19.3 Å². The molecule has 4 nitrogen and oxygen atoms in total. The van der Waals surface area contributed by atoms with Gasteiger partial charge in [-0.25, -0.2) is 4.98 Å². The number of nitrogens with zero attached hydrogens (tertiary/aromatic N) is 2. The summed E-state index contributed by atoms with van der Waals surface area (Å²) in [5, 5.41) is 0. The first-order valence-corrected chi connectivity index (χ1v) is 5.72. The molecule has 1 unspecified atom stereocenters. The third kappa shape index (κ3) is 3.19. The maximum absolute atomic E-state index is 12.2. The second-order valence-electron chi connectivity index (χ2n) is 5.43. The largest absolute Gasteiger partial charge is 0.384 e. The fourth-order valence-electron chi connectivity index (χ4n) is 1.49. The van der Waals surface area contributed by atoms with E-state index in [-0.39, 0.29) is 17.4 Å². The fraction of sp³-hybridized carbons (Fsp3) is 0.538. The van der Waals surface area contributed by atoms with E-state index in [1.54, 1.807) is 17.0 Å². The van der Waals surface area contributed by atoms with Gasteiger partial charge in [-0.1, -0.05) is 20.8 Å². The molecule has 0 aliphatic carbocycles. The van der Waals surface area contributed by atoms with Gasteiger partial charge in [0.15, 0.2) is 0 Å². The molecule has 17 heavy (non-hydrogen) atoms. The van der Waals surface area contributed by atoms with E-state index in [9.17, 15) is 4.79 Å². The van der Waals surface area contributed by atoms with Crippen LogP contribution in [0.25, 0.3) is 0 Å². The summed E-state index contributed by atoms with van der Waals surface area (Å²) in [5.74, 6) is 0.396. The molecular weight excluding hydrogens is 214 g/mol. The number of amides is 1. The van der Waals surface area contributed by atoms with Gasteiger partial charge in [-0.2, -0.15) is 0 Å². The second-order valence-corrected chi connectivity index (χ2v) is 5.43. The summed E-state index contributed by atoms with van der Waals surface area (Å²) in [4.78, 5) is 17.9. The van der Waals surface area contributed by atoms with Crippen LogP contribution in [0.4, 0.5) is 5.82 Å². The van der Waals surface area contributed by atoms with E-state index in [1.807, 2.05) is 14.0 Å². The molecule has 0 saturated carbocycles. The number of nitrogen functional groups attached to an aromatic ring is 1. The summed E-state index contributed by atoms with van der Waals surface area (Å²) < 4.78 is 0. The molecule has 0 spiro atoms. The van der Waals surface area contributed by atoms with Crippen LogP contribution >= 0.6 is 0 Å². The first-order valence-electron chi connectivity index (χ1n) is 5.72. The highest BCUT2D eigenvalue weighted by Crippen LogP contribution is 2.24. The Kier molecular flexibility index (Phi) is 3.76. The molecule has 0 fully saturated rings. The number of carbonyl (C=O) groups is 1. The van der Waals surface area contributed by atoms with Gasteiger partial charge in [-0.05, 0) is 24.5 Å². The van der Waals surface area contributed by atoms with Crippen LogP contribution in [0.15, 0.2) is 18.3 Å². The minimum atomic E-state index is -0.0278. The molecule has 0 radical (unpaired) electrons. The van der Waals surface area contributed by atoms with Crippen molar-refractivity contribution >= 4 is 11.7 Å². The molecule has 0 aliphatic heterocycles. The molecule has 0 aliphatic rings. The van der Waals surface area contributed by atoms with Gasteiger partial charge < -0.3 is 10.6 Å². The fourth-order valence-corrected chi connectivity index (χ4v) is 1.49. The number of nitrogens with two attached hydrogens (primary N) is 1. The van der Waals surface area contributed by atoms with E-state index >= 15 is 0 Å². The Labute approximate surface area is 103 Å². The zero-order valence-electron chi connectivity index (χ0n) is 11.2. The van der Waals surface area contributed by atoms with E-state index in [1.165, 1.54) is 6.20 Å². The van der Waals surface area contributed by atoms with Crippen molar-refractivity contribution in [3.05, 3.63) is 23.9 Å². The summed E-state index contributed by atoms with van der Waals surface area (Å²) >= 11 is 0. The average molecular weight is 235 g/mol. The molecule has 4 heteroatoms. The third-order valence-corrected chi connectivity index (χ3v) is 3.19. The molecule has 2 N–H and O–H groups in total. The summed E-state index contributed by atoms with van der Waals surface area (Å²) in [7, 11) is 1.81. The van der Waals surface area contributed by atoms with E-state index in [4.69, 9.17) is 5.73 Å². The monoisotopic (exact) mass is 235 g/mol. The first-order chi connectivity index (χ1) is 7.73. The van der Waals surface area contributed by atoms with Crippen molar-refractivity contribution in [2.45, 2.75) is 33.7 Å². The number of hydrogen-bond acceptors (Lipinski definition) is 3. The molecule has 1 heterocycles. The van der Waals surface area contributed by atoms with E-state index < -0.39 is 0 Å². The van der Waals surface area contributed by atoms with E-state index in [0.29, 0.717) is 11.4 Å². The van der Waals surface area contributed by atoms with E-state index in [2.05, 4.69) is 25.8 Å². The van der Waals surface area contributed by atoms with Gasteiger partial charge in [0.25, 0.3) is 5.91 Å². The second kappa shape index (κ2) is 4.73. The quantitative estimate of drug-likeness (QED) is 0.854.